The third kappa shape index (κ3) is 2.54. The molecular formula is C14H10FIN2O2. The molecule has 0 atom stereocenters. The average Bonchev–Trinajstić information content (AvgIpc) is 2.37. The van der Waals surface area contributed by atoms with Crippen molar-refractivity contribution in [3.63, 3.8) is 0 Å². The van der Waals surface area contributed by atoms with Crippen molar-refractivity contribution in [2.45, 2.75) is 6.92 Å². The monoisotopic (exact) mass is 384 g/mol. The Bertz CT molecular complexity index is 755. The summed E-state index contributed by atoms with van der Waals surface area (Å²) >= 11 is 1.95. The van der Waals surface area contributed by atoms with Crippen LogP contribution >= 0.6 is 22.6 Å². The van der Waals surface area contributed by atoms with Crippen molar-refractivity contribution in [2.24, 2.45) is 0 Å². The van der Waals surface area contributed by atoms with Crippen LogP contribution < -0.4 is 10.3 Å². The van der Waals surface area contributed by atoms with Crippen molar-refractivity contribution in [1.29, 1.82) is 5.26 Å². The van der Waals surface area contributed by atoms with Gasteiger partial charge in [0.25, 0.3) is 5.56 Å². The van der Waals surface area contributed by atoms with Gasteiger partial charge in [-0.05, 0) is 53.3 Å². The summed E-state index contributed by atoms with van der Waals surface area (Å²) in [4.78, 5) is 14.3. The summed E-state index contributed by atoms with van der Waals surface area (Å²) in [6.07, 6.45) is 0. The maximum Gasteiger partial charge on any atom is 0.266 e. The Morgan fingerprint density at radius 2 is 2.10 bits per heavy atom. The molecule has 20 heavy (non-hydrogen) atoms. The van der Waals surface area contributed by atoms with E-state index in [2.05, 4.69) is 4.98 Å². The van der Waals surface area contributed by atoms with Gasteiger partial charge in [-0.3, -0.25) is 4.79 Å². The van der Waals surface area contributed by atoms with Crippen LogP contribution in [0.1, 0.15) is 11.3 Å². The highest BCUT2D eigenvalue weighted by Gasteiger charge is 2.15. The van der Waals surface area contributed by atoms with E-state index >= 15 is 0 Å². The summed E-state index contributed by atoms with van der Waals surface area (Å²) < 4.78 is 19.5. The van der Waals surface area contributed by atoms with Crippen molar-refractivity contribution in [2.75, 3.05) is 7.11 Å². The molecule has 0 aliphatic carbocycles. The van der Waals surface area contributed by atoms with E-state index in [-0.39, 0.29) is 11.3 Å². The van der Waals surface area contributed by atoms with E-state index in [1.807, 2.05) is 28.7 Å². The SMILES string of the molecule is COc1c(F)cc(-c2cc(C)[nH]c(=O)c2C#N)cc1I. The molecule has 0 bridgehead atoms. The van der Waals surface area contributed by atoms with Crippen LogP contribution in [0.4, 0.5) is 4.39 Å². The fraction of sp³-hybridized carbons (Fsp3) is 0.143. The van der Waals surface area contributed by atoms with Crippen LogP contribution in [-0.4, -0.2) is 12.1 Å². The summed E-state index contributed by atoms with van der Waals surface area (Å²) in [5, 5.41) is 9.10. The molecule has 2 rings (SSSR count). The van der Waals surface area contributed by atoms with Crippen LogP contribution in [0.15, 0.2) is 23.0 Å². The zero-order valence-corrected chi connectivity index (χ0v) is 12.9. The van der Waals surface area contributed by atoms with Crippen molar-refractivity contribution >= 4 is 22.6 Å². The summed E-state index contributed by atoms with van der Waals surface area (Å²) in [6.45, 7) is 1.71. The van der Waals surface area contributed by atoms with Crippen LogP contribution in [0, 0.1) is 27.6 Å². The first-order valence-electron chi connectivity index (χ1n) is 5.65. The van der Waals surface area contributed by atoms with Crippen LogP contribution in [0.2, 0.25) is 0 Å². The smallest absolute Gasteiger partial charge is 0.266 e. The number of aryl methyl sites for hydroxylation is 1. The Hall–Kier alpha value is -1.88. The quantitative estimate of drug-likeness (QED) is 0.810. The summed E-state index contributed by atoms with van der Waals surface area (Å²) in [5.74, 6) is -0.384. The molecule has 2 aromatic rings. The van der Waals surface area contributed by atoms with E-state index in [0.29, 0.717) is 20.4 Å². The Morgan fingerprint density at radius 3 is 2.65 bits per heavy atom. The number of nitrogens with one attached hydrogen (secondary N) is 1. The molecule has 1 aromatic heterocycles. The maximum absolute atomic E-state index is 13.9. The van der Waals surface area contributed by atoms with E-state index < -0.39 is 11.4 Å². The molecule has 0 spiro atoms. The summed E-state index contributed by atoms with van der Waals surface area (Å²) in [7, 11) is 1.39. The number of H-pyrrole nitrogens is 1. The lowest BCUT2D eigenvalue weighted by molar-refractivity contribution is 0.383. The number of nitrogens with zero attached hydrogens (tertiary/aromatic N) is 1. The van der Waals surface area contributed by atoms with Crippen LogP contribution in [0.3, 0.4) is 0 Å². The number of methoxy groups -OCH3 is 1. The van der Waals surface area contributed by atoms with E-state index in [4.69, 9.17) is 10.00 Å². The highest BCUT2D eigenvalue weighted by Crippen LogP contribution is 2.31. The third-order valence-electron chi connectivity index (χ3n) is 2.79. The van der Waals surface area contributed by atoms with Crippen molar-refractivity contribution in [3.05, 3.63) is 49.2 Å². The summed E-state index contributed by atoms with van der Waals surface area (Å²) in [6, 6.07) is 6.45. The van der Waals surface area contributed by atoms with E-state index in [1.165, 1.54) is 13.2 Å². The zero-order valence-electron chi connectivity index (χ0n) is 10.8. The van der Waals surface area contributed by atoms with E-state index in [9.17, 15) is 9.18 Å². The normalized spacial score (nSPS) is 10.2. The predicted molar refractivity (Wildman–Crippen MR) is 81.2 cm³/mol. The number of nitriles is 1. The Kier molecular flexibility index (Phi) is 4.09. The number of aromatic amines is 1. The van der Waals surface area contributed by atoms with Gasteiger partial charge in [0.15, 0.2) is 11.6 Å². The van der Waals surface area contributed by atoms with Gasteiger partial charge in [-0.25, -0.2) is 4.39 Å². The molecule has 1 aromatic carbocycles. The second-order valence-corrected chi connectivity index (χ2v) is 5.32. The van der Waals surface area contributed by atoms with E-state index in [0.717, 1.165) is 0 Å². The second-order valence-electron chi connectivity index (χ2n) is 4.16. The first kappa shape index (κ1) is 14.5. The largest absolute Gasteiger partial charge is 0.493 e. The molecule has 0 saturated carbocycles. The molecule has 0 aliphatic heterocycles. The Balaban J connectivity index is 2.76. The first-order valence-corrected chi connectivity index (χ1v) is 6.73. The minimum atomic E-state index is -0.531. The lowest BCUT2D eigenvalue weighted by Crippen LogP contribution is -2.12. The molecule has 0 amide bonds. The van der Waals surface area contributed by atoms with Crippen molar-refractivity contribution in [3.8, 4) is 22.9 Å². The fourth-order valence-electron chi connectivity index (χ4n) is 1.94. The number of hydrogen-bond acceptors (Lipinski definition) is 3. The molecule has 1 N–H and O–H groups in total. The average molecular weight is 384 g/mol. The molecule has 102 valence electrons. The number of rotatable bonds is 2. The number of hydrogen-bond donors (Lipinski definition) is 1. The lowest BCUT2D eigenvalue weighted by atomic mass is 10.0. The lowest BCUT2D eigenvalue weighted by Gasteiger charge is -2.10. The Labute approximate surface area is 128 Å². The highest BCUT2D eigenvalue weighted by atomic mass is 127. The van der Waals surface area contributed by atoms with Crippen molar-refractivity contribution in [1.82, 2.24) is 4.98 Å². The highest BCUT2D eigenvalue weighted by molar-refractivity contribution is 14.1. The maximum atomic E-state index is 13.9. The van der Waals surface area contributed by atoms with Gasteiger partial charge in [-0.2, -0.15) is 5.26 Å². The molecule has 6 heteroatoms. The number of benzene rings is 1. The molecule has 0 fully saturated rings. The molecule has 0 aliphatic rings. The van der Waals surface area contributed by atoms with Crippen LogP contribution in [0.5, 0.6) is 5.75 Å². The van der Waals surface area contributed by atoms with Gasteiger partial charge >= 0.3 is 0 Å². The number of aromatic nitrogens is 1. The minimum absolute atomic E-state index is 0.0315. The number of pyridine rings is 1. The second kappa shape index (κ2) is 5.63. The van der Waals surface area contributed by atoms with Gasteiger partial charge in [-0.1, -0.05) is 0 Å². The van der Waals surface area contributed by atoms with Gasteiger partial charge in [0.1, 0.15) is 11.6 Å². The Morgan fingerprint density at radius 1 is 1.40 bits per heavy atom. The van der Waals surface area contributed by atoms with Gasteiger partial charge in [-0.15, -0.1) is 0 Å². The van der Waals surface area contributed by atoms with Gasteiger partial charge in [0.05, 0.1) is 10.7 Å². The van der Waals surface area contributed by atoms with Crippen LogP contribution in [0.25, 0.3) is 11.1 Å². The van der Waals surface area contributed by atoms with Gasteiger partial charge in [0, 0.05) is 11.3 Å². The van der Waals surface area contributed by atoms with Gasteiger partial charge in [0.2, 0.25) is 0 Å². The first-order chi connectivity index (χ1) is 9.47. The molecule has 0 radical (unpaired) electrons. The topological polar surface area (TPSA) is 65.9 Å². The van der Waals surface area contributed by atoms with Crippen LogP contribution in [-0.2, 0) is 0 Å². The van der Waals surface area contributed by atoms with Crippen molar-refractivity contribution < 1.29 is 9.13 Å². The number of halogens is 2. The molecule has 4 nitrogen and oxygen atoms in total. The van der Waals surface area contributed by atoms with Gasteiger partial charge < -0.3 is 9.72 Å². The fourth-order valence-corrected chi connectivity index (χ4v) is 2.75. The number of ether oxygens (including phenoxy) is 1. The molecule has 1 heterocycles. The minimum Gasteiger partial charge on any atom is -0.493 e. The molecule has 0 unspecified atom stereocenters. The predicted octanol–water partition coefficient (Wildman–Crippen LogP) is 2.97. The summed E-state index contributed by atoms with van der Waals surface area (Å²) in [5.41, 5.74) is 0.978. The third-order valence-corrected chi connectivity index (χ3v) is 3.59. The standard InChI is InChI=1S/C14H10FIN2O2/c1-7-3-9(10(6-17)14(19)18-7)8-4-11(15)13(20-2)12(16)5-8/h3-5H,1-2H3,(H,18,19). The molecule has 0 saturated heterocycles. The molecular weight excluding hydrogens is 374 g/mol. The zero-order chi connectivity index (χ0) is 14.9. The van der Waals surface area contributed by atoms with E-state index in [1.54, 1.807) is 19.1 Å².